The Balaban J connectivity index is 1.61. The highest BCUT2D eigenvalue weighted by molar-refractivity contribution is 5.96. The first-order valence-electron chi connectivity index (χ1n) is 9.08. The van der Waals surface area contributed by atoms with Gasteiger partial charge in [0.2, 0.25) is 5.91 Å². The molecule has 5 rings (SSSR count). The summed E-state index contributed by atoms with van der Waals surface area (Å²) in [4.78, 5) is 16.4. The van der Waals surface area contributed by atoms with Gasteiger partial charge in [0, 0.05) is 30.5 Å². The van der Waals surface area contributed by atoms with E-state index in [9.17, 15) is 4.79 Å². The van der Waals surface area contributed by atoms with E-state index in [1.807, 2.05) is 61.6 Å². The van der Waals surface area contributed by atoms with Crippen LogP contribution in [0.5, 0.6) is 0 Å². The summed E-state index contributed by atoms with van der Waals surface area (Å²) in [6.07, 6.45) is 3.56. The number of benzene rings is 2. The number of aryl methyl sites for hydroxylation is 1. The van der Waals surface area contributed by atoms with Crippen LogP contribution in [0.4, 0.5) is 5.82 Å². The molecule has 4 aromatic rings. The van der Waals surface area contributed by atoms with Crippen molar-refractivity contribution >= 4 is 11.7 Å². The maximum atomic E-state index is 12.4. The van der Waals surface area contributed by atoms with Gasteiger partial charge in [0.15, 0.2) is 0 Å². The van der Waals surface area contributed by atoms with Gasteiger partial charge in [-0.15, -0.1) is 0 Å². The van der Waals surface area contributed by atoms with Gasteiger partial charge in [0.05, 0.1) is 11.4 Å². The lowest BCUT2D eigenvalue weighted by atomic mass is 9.84. The quantitative estimate of drug-likeness (QED) is 0.601. The van der Waals surface area contributed by atoms with Crippen molar-refractivity contribution in [2.45, 2.75) is 12.3 Å². The minimum Gasteiger partial charge on any atom is -0.311 e. The Morgan fingerprint density at radius 2 is 1.86 bits per heavy atom. The third-order valence-electron chi connectivity index (χ3n) is 5.11. The highest BCUT2D eigenvalue weighted by Crippen LogP contribution is 2.42. The molecule has 2 aromatic carbocycles. The number of hydrogen-bond donors (Lipinski definition) is 1. The average Bonchev–Trinajstić information content (AvgIpc) is 3.37. The van der Waals surface area contributed by atoms with Crippen molar-refractivity contribution < 1.29 is 4.79 Å². The fourth-order valence-corrected chi connectivity index (χ4v) is 3.78. The first-order chi connectivity index (χ1) is 13.7. The summed E-state index contributed by atoms with van der Waals surface area (Å²) >= 11 is 0. The van der Waals surface area contributed by atoms with Crippen LogP contribution in [0.1, 0.15) is 23.5 Å². The lowest BCUT2D eigenvalue weighted by molar-refractivity contribution is -0.116. The Hall–Kier alpha value is -3.74. The number of carbonyl (C=O) groups excluding carboxylic acids is 1. The molecule has 28 heavy (non-hydrogen) atoms. The molecule has 1 aliphatic heterocycles. The maximum Gasteiger partial charge on any atom is 0.226 e. The fraction of sp³-hybridized carbons (Fsp3) is 0.143. The van der Waals surface area contributed by atoms with E-state index in [2.05, 4.69) is 15.4 Å². The molecule has 0 aliphatic carbocycles. The fourth-order valence-electron chi connectivity index (χ4n) is 3.78. The Morgan fingerprint density at radius 3 is 2.57 bits per heavy atom. The van der Waals surface area contributed by atoms with Crippen LogP contribution in [0.2, 0.25) is 0 Å². The zero-order chi connectivity index (χ0) is 19.1. The number of aromatic nitrogens is 5. The molecule has 7 nitrogen and oxygen atoms in total. The molecule has 7 heteroatoms. The molecular weight excluding hydrogens is 352 g/mol. The molecule has 0 spiro atoms. The molecule has 3 heterocycles. The molecule has 0 saturated carbocycles. The summed E-state index contributed by atoms with van der Waals surface area (Å²) in [6.45, 7) is 0. The number of rotatable bonds is 3. The Morgan fingerprint density at radius 1 is 1.07 bits per heavy atom. The zero-order valence-corrected chi connectivity index (χ0v) is 15.3. The van der Waals surface area contributed by atoms with E-state index < -0.39 is 0 Å². The molecule has 0 saturated heterocycles. The summed E-state index contributed by atoms with van der Waals surface area (Å²) in [6, 6.07) is 18.2. The maximum absolute atomic E-state index is 12.4. The Kier molecular flexibility index (Phi) is 3.79. The minimum absolute atomic E-state index is 0.000430. The minimum atomic E-state index is -0.0579. The number of carbonyl (C=O) groups is 1. The molecule has 0 fully saturated rings. The SMILES string of the molecule is Cn1nc(-c2ccccc2)c2c1NC(=O)C[C@H]2c1ccc(-n2cncn2)cc1. The van der Waals surface area contributed by atoms with Crippen molar-refractivity contribution in [3.05, 3.63) is 78.4 Å². The van der Waals surface area contributed by atoms with Gasteiger partial charge in [-0.2, -0.15) is 10.2 Å². The van der Waals surface area contributed by atoms with Crippen molar-refractivity contribution in [1.82, 2.24) is 24.5 Å². The molecule has 2 aromatic heterocycles. The van der Waals surface area contributed by atoms with Crippen molar-refractivity contribution in [3.63, 3.8) is 0 Å². The Labute approximate surface area is 161 Å². The van der Waals surface area contributed by atoms with Crippen molar-refractivity contribution in [1.29, 1.82) is 0 Å². The third-order valence-corrected chi connectivity index (χ3v) is 5.11. The predicted molar refractivity (Wildman–Crippen MR) is 105 cm³/mol. The molecule has 0 unspecified atom stereocenters. The van der Waals surface area contributed by atoms with Crippen LogP contribution >= 0.6 is 0 Å². The van der Waals surface area contributed by atoms with E-state index >= 15 is 0 Å². The van der Waals surface area contributed by atoms with Crippen LogP contribution in [-0.4, -0.2) is 30.5 Å². The highest BCUT2D eigenvalue weighted by Gasteiger charge is 2.33. The van der Waals surface area contributed by atoms with Gasteiger partial charge < -0.3 is 5.32 Å². The van der Waals surface area contributed by atoms with E-state index in [0.717, 1.165) is 33.9 Å². The second kappa shape index (κ2) is 6.45. The van der Waals surface area contributed by atoms with Crippen LogP contribution in [0.3, 0.4) is 0 Å². The van der Waals surface area contributed by atoms with E-state index in [-0.39, 0.29) is 11.8 Å². The van der Waals surface area contributed by atoms with Gasteiger partial charge >= 0.3 is 0 Å². The normalized spacial score (nSPS) is 15.9. The molecule has 1 N–H and O–H groups in total. The summed E-state index contributed by atoms with van der Waals surface area (Å²) in [5.41, 5.74) is 5.01. The summed E-state index contributed by atoms with van der Waals surface area (Å²) in [7, 11) is 1.86. The standard InChI is InChI=1S/C21H18N6O/c1-26-21-19(20(25-26)15-5-3-2-4-6-15)17(11-18(28)24-21)14-7-9-16(10-8-14)27-13-22-12-23-27/h2-10,12-13,17H,11H2,1H3,(H,24,28)/t17-/m0/s1. The number of hydrogen-bond acceptors (Lipinski definition) is 4. The van der Waals surface area contributed by atoms with Crippen LogP contribution < -0.4 is 5.32 Å². The topological polar surface area (TPSA) is 77.6 Å². The van der Waals surface area contributed by atoms with Crippen molar-refractivity contribution in [2.24, 2.45) is 7.05 Å². The third kappa shape index (κ3) is 2.68. The van der Waals surface area contributed by atoms with E-state index in [4.69, 9.17) is 5.10 Å². The first kappa shape index (κ1) is 16.4. The Bertz CT molecular complexity index is 1130. The van der Waals surface area contributed by atoms with Gasteiger partial charge in [0.25, 0.3) is 0 Å². The van der Waals surface area contributed by atoms with E-state index in [1.54, 1.807) is 15.7 Å². The summed E-state index contributed by atoms with van der Waals surface area (Å²) in [5.74, 6) is 0.707. The van der Waals surface area contributed by atoms with Gasteiger partial charge in [-0.25, -0.2) is 9.67 Å². The molecular formula is C21H18N6O. The lowest BCUT2D eigenvalue weighted by Crippen LogP contribution is -2.24. The number of nitrogens with one attached hydrogen (secondary N) is 1. The second-order valence-corrected chi connectivity index (χ2v) is 6.84. The monoisotopic (exact) mass is 370 g/mol. The first-order valence-corrected chi connectivity index (χ1v) is 9.08. The lowest BCUT2D eigenvalue weighted by Gasteiger charge is -2.24. The molecule has 0 radical (unpaired) electrons. The molecule has 0 bridgehead atoms. The van der Waals surface area contributed by atoms with Crippen molar-refractivity contribution in [2.75, 3.05) is 5.32 Å². The molecule has 1 atom stereocenters. The zero-order valence-electron chi connectivity index (χ0n) is 15.3. The predicted octanol–water partition coefficient (Wildman–Crippen LogP) is 3.14. The number of amides is 1. The van der Waals surface area contributed by atoms with Gasteiger partial charge in [-0.3, -0.25) is 9.48 Å². The second-order valence-electron chi connectivity index (χ2n) is 6.84. The van der Waals surface area contributed by atoms with E-state index in [1.165, 1.54) is 6.33 Å². The molecule has 138 valence electrons. The molecule has 1 aliphatic rings. The van der Waals surface area contributed by atoms with Gasteiger partial charge in [-0.1, -0.05) is 42.5 Å². The number of anilines is 1. The smallest absolute Gasteiger partial charge is 0.226 e. The number of fused-ring (bicyclic) bond motifs is 1. The van der Waals surface area contributed by atoms with Crippen LogP contribution in [0, 0.1) is 0 Å². The average molecular weight is 370 g/mol. The summed E-state index contributed by atoms with van der Waals surface area (Å²) < 4.78 is 3.47. The van der Waals surface area contributed by atoms with Gasteiger partial charge in [-0.05, 0) is 17.7 Å². The summed E-state index contributed by atoms with van der Waals surface area (Å²) in [5, 5.41) is 11.9. The van der Waals surface area contributed by atoms with Crippen LogP contribution in [0.25, 0.3) is 16.9 Å². The van der Waals surface area contributed by atoms with Crippen LogP contribution in [0.15, 0.2) is 67.3 Å². The largest absolute Gasteiger partial charge is 0.311 e. The van der Waals surface area contributed by atoms with Gasteiger partial charge in [0.1, 0.15) is 18.5 Å². The van der Waals surface area contributed by atoms with Crippen molar-refractivity contribution in [3.8, 4) is 16.9 Å². The molecule has 1 amide bonds. The number of nitrogens with zero attached hydrogens (tertiary/aromatic N) is 5. The van der Waals surface area contributed by atoms with Crippen LogP contribution in [-0.2, 0) is 11.8 Å². The van der Waals surface area contributed by atoms with E-state index in [0.29, 0.717) is 6.42 Å². The highest BCUT2D eigenvalue weighted by atomic mass is 16.1.